The third kappa shape index (κ3) is 4.72. The second-order valence-corrected chi connectivity index (χ2v) is 9.68. The number of halogens is 4. The van der Waals surface area contributed by atoms with Gasteiger partial charge in [-0.1, -0.05) is 6.07 Å². The fourth-order valence-corrected chi connectivity index (χ4v) is 4.84. The van der Waals surface area contributed by atoms with Gasteiger partial charge in [0.05, 0.1) is 29.3 Å². The number of hydrogen-bond donors (Lipinski definition) is 1. The highest BCUT2D eigenvalue weighted by atomic mass is 19.4. The first-order valence-electron chi connectivity index (χ1n) is 12.4. The van der Waals surface area contributed by atoms with Gasteiger partial charge in [-0.25, -0.2) is 9.49 Å². The lowest BCUT2D eigenvalue weighted by atomic mass is 9.96. The largest absolute Gasteiger partial charge is 0.490 e. The Morgan fingerprint density at radius 3 is 2.64 bits per heavy atom. The van der Waals surface area contributed by atoms with Gasteiger partial charge in [0.25, 0.3) is 11.5 Å². The summed E-state index contributed by atoms with van der Waals surface area (Å²) in [6.07, 6.45) is -1.27. The van der Waals surface area contributed by atoms with Crippen molar-refractivity contribution in [2.45, 2.75) is 51.1 Å². The maximum absolute atomic E-state index is 14.8. The summed E-state index contributed by atoms with van der Waals surface area (Å²) in [5.41, 5.74) is 0.495. The van der Waals surface area contributed by atoms with Crippen LogP contribution in [0, 0.1) is 5.82 Å². The Bertz CT molecular complexity index is 1640. The molecular weight excluding hydrogens is 520 g/mol. The Balaban J connectivity index is 1.26. The molecule has 1 N–H and O–H groups in total. The average Bonchev–Trinajstić information content (AvgIpc) is 3.33. The third-order valence-corrected chi connectivity index (χ3v) is 7.12. The maximum atomic E-state index is 14.8. The van der Waals surface area contributed by atoms with Crippen molar-refractivity contribution in [1.82, 2.24) is 29.9 Å². The van der Waals surface area contributed by atoms with Crippen molar-refractivity contribution < 1.29 is 27.1 Å². The summed E-state index contributed by atoms with van der Waals surface area (Å²) in [5, 5.41) is 14.5. The van der Waals surface area contributed by atoms with Crippen LogP contribution in [0.2, 0.25) is 0 Å². The fraction of sp³-hybridized carbons (Fsp3) is 0.346. The molecule has 1 amide bonds. The van der Waals surface area contributed by atoms with Gasteiger partial charge in [-0.05, 0) is 55.2 Å². The van der Waals surface area contributed by atoms with Crippen LogP contribution >= 0.6 is 0 Å². The van der Waals surface area contributed by atoms with E-state index in [1.165, 1.54) is 17.0 Å². The van der Waals surface area contributed by atoms with Crippen molar-refractivity contribution in [3.63, 3.8) is 0 Å². The molecule has 4 aromatic rings. The van der Waals surface area contributed by atoms with E-state index >= 15 is 0 Å². The number of carbonyl (C=O) groups excluding carboxylic acids is 1. The second kappa shape index (κ2) is 9.47. The van der Waals surface area contributed by atoms with E-state index in [1.54, 1.807) is 18.2 Å². The molecule has 9 nitrogen and oxygen atoms in total. The highest BCUT2D eigenvalue weighted by Crippen LogP contribution is 2.31. The maximum Gasteiger partial charge on any atom is 0.451 e. The van der Waals surface area contributed by atoms with Crippen LogP contribution in [0.1, 0.15) is 52.5 Å². The Morgan fingerprint density at radius 1 is 1.08 bits per heavy atom. The van der Waals surface area contributed by atoms with Crippen LogP contribution in [0.4, 0.5) is 17.6 Å². The summed E-state index contributed by atoms with van der Waals surface area (Å²) in [5.74, 6) is -1.96. The molecule has 1 saturated carbocycles. The lowest BCUT2D eigenvalue weighted by Crippen LogP contribution is -2.39. The van der Waals surface area contributed by atoms with Crippen molar-refractivity contribution in [3.8, 4) is 5.75 Å². The highest BCUT2D eigenvalue weighted by Gasteiger charge is 2.40. The zero-order chi connectivity index (χ0) is 27.3. The first-order valence-corrected chi connectivity index (χ1v) is 12.4. The van der Waals surface area contributed by atoms with E-state index in [2.05, 4.69) is 20.4 Å². The molecule has 2 aliphatic rings. The monoisotopic (exact) mass is 542 g/mol. The van der Waals surface area contributed by atoms with Gasteiger partial charge in [0.1, 0.15) is 11.6 Å². The quantitative estimate of drug-likeness (QED) is 0.384. The predicted octanol–water partition coefficient (Wildman–Crippen LogP) is 3.85. The fourth-order valence-electron chi connectivity index (χ4n) is 4.84. The molecule has 39 heavy (non-hydrogen) atoms. The molecule has 0 unspecified atom stereocenters. The Hall–Kier alpha value is -4.29. The van der Waals surface area contributed by atoms with Gasteiger partial charge in [-0.2, -0.15) is 18.3 Å². The summed E-state index contributed by atoms with van der Waals surface area (Å²) in [6.45, 7) is -0.462. The molecule has 2 aromatic heterocycles. The molecule has 0 bridgehead atoms. The molecule has 0 atom stereocenters. The van der Waals surface area contributed by atoms with Crippen molar-refractivity contribution in [2.75, 3.05) is 6.54 Å². The third-order valence-electron chi connectivity index (χ3n) is 7.12. The second-order valence-electron chi connectivity index (χ2n) is 9.68. The number of nitrogens with one attached hydrogen (secondary N) is 1. The minimum Gasteiger partial charge on any atom is -0.490 e. The van der Waals surface area contributed by atoms with Gasteiger partial charge in [0.2, 0.25) is 5.82 Å². The normalized spacial score (nSPS) is 15.7. The van der Waals surface area contributed by atoms with Gasteiger partial charge < -0.3 is 14.2 Å². The molecule has 13 heteroatoms. The van der Waals surface area contributed by atoms with Gasteiger partial charge >= 0.3 is 6.18 Å². The molecule has 1 aliphatic heterocycles. The van der Waals surface area contributed by atoms with Crippen LogP contribution < -0.4 is 10.3 Å². The standard InChI is InChI=1S/C26H22F4N6O3/c27-20-7-4-14(10-19(20)24(38)35-8-9-36-22(13-35)32-34-25(36)26(28,29)30)11-21-18-12-16(39-15-2-1-3-15)5-6-17(18)23(37)33-31-21/h4-7,10,12,15H,1-3,8-9,11,13H2,(H,33,37). The van der Waals surface area contributed by atoms with E-state index in [4.69, 9.17) is 4.74 Å². The molecule has 1 fully saturated rings. The number of ether oxygens (including phenoxy) is 1. The van der Waals surface area contributed by atoms with E-state index in [0.717, 1.165) is 29.9 Å². The molecule has 202 valence electrons. The smallest absolute Gasteiger partial charge is 0.451 e. The Kier molecular flexibility index (Phi) is 6.07. The first-order chi connectivity index (χ1) is 18.7. The number of H-pyrrole nitrogens is 1. The van der Waals surface area contributed by atoms with E-state index < -0.39 is 23.7 Å². The van der Waals surface area contributed by atoms with Crippen molar-refractivity contribution in [3.05, 3.63) is 81.0 Å². The molecule has 2 aromatic carbocycles. The van der Waals surface area contributed by atoms with E-state index in [0.29, 0.717) is 27.8 Å². The zero-order valence-electron chi connectivity index (χ0n) is 20.5. The zero-order valence-corrected chi connectivity index (χ0v) is 20.5. The molecule has 1 aliphatic carbocycles. The minimum atomic E-state index is -4.66. The lowest BCUT2D eigenvalue weighted by Gasteiger charge is -2.28. The van der Waals surface area contributed by atoms with Crippen LogP contribution in [0.15, 0.2) is 41.2 Å². The van der Waals surface area contributed by atoms with E-state index in [9.17, 15) is 27.2 Å². The molecule has 6 rings (SSSR count). The number of hydrogen-bond acceptors (Lipinski definition) is 6. The summed E-state index contributed by atoms with van der Waals surface area (Å²) in [4.78, 5) is 26.8. The minimum absolute atomic E-state index is 0.0256. The molecule has 0 radical (unpaired) electrons. The summed E-state index contributed by atoms with van der Waals surface area (Å²) >= 11 is 0. The van der Waals surface area contributed by atoms with Crippen LogP contribution in [0.5, 0.6) is 5.75 Å². The van der Waals surface area contributed by atoms with E-state index in [-0.39, 0.29) is 49.1 Å². The summed E-state index contributed by atoms with van der Waals surface area (Å²) in [6, 6.07) is 9.25. The number of benzene rings is 2. The Labute approximate surface area is 218 Å². The van der Waals surface area contributed by atoms with Crippen LogP contribution in [-0.4, -0.2) is 48.4 Å². The predicted molar refractivity (Wildman–Crippen MR) is 130 cm³/mol. The number of aromatic nitrogens is 5. The highest BCUT2D eigenvalue weighted by molar-refractivity contribution is 5.94. The molecule has 3 heterocycles. The SMILES string of the molecule is O=C(c1cc(Cc2n[nH]c(=O)c3ccc(OC4CCC4)cc23)ccc1F)N1CCn2c(nnc2C(F)(F)F)C1. The van der Waals surface area contributed by atoms with E-state index in [1.807, 2.05) is 0 Å². The van der Waals surface area contributed by atoms with Crippen LogP contribution in [0.3, 0.4) is 0 Å². The van der Waals surface area contributed by atoms with Crippen LogP contribution in [0.25, 0.3) is 10.8 Å². The number of alkyl halides is 3. The molecular formula is C26H22F4N6O3. The lowest BCUT2D eigenvalue weighted by molar-refractivity contribution is -0.147. The molecule has 0 spiro atoms. The topological polar surface area (TPSA) is 106 Å². The molecule has 0 saturated heterocycles. The average molecular weight is 542 g/mol. The number of aromatic amines is 1. The van der Waals surface area contributed by atoms with Crippen molar-refractivity contribution >= 4 is 16.7 Å². The number of fused-ring (bicyclic) bond motifs is 2. The Morgan fingerprint density at radius 2 is 1.90 bits per heavy atom. The number of carbonyl (C=O) groups is 1. The first kappa shape index (κ1) is 25.0. The van der Waals surface area contributed by atoms with Crippen LogP contribution in [-0.2, 0) is 25.7 Å². The summed E-state index contributed by atoms with van der Waals surface area (Å²) in [7, 11) is 0. The van der Waals surface area contributed by atoms with Gasteiger partial charge in [0.15, 0.2) is 5.82 Å². The number of rotatable bonds is 5. The van der Waals surface area contributed by atoms with Gasteiger partial charge in [0, 0.05) is 24.9 Å². The number of amides is 1. The van der Waals surface area contributed by atoms with Crippen molar-refractivity contribution in [1.29, 1.82) is 0 Å². The van der Waals surface area contributed by atoms with Crippen molar-refractivity contribution in [2.24, 2.45) is 0 Å². The van der Waals surface area contributed by atoms with Gasteiger partial charge in [-0.3, -0.25) is 9.59 Å². The summed E-state index contributed by atoms with van der Waals surface area (Å²) < 4.78 is 61.1. The number of nitrogens with zero attached hydrogens (tertiary/aromatic N) is 5. The van der Waals surface area contributed by atoms with Gasteiger partial charge in [-0.15, -0.1) is 10.2 Å².